The molecule has 1 aliphatic rings. The highest BCUT2D eigenvalue weighted by Crippen LogP contribution is 2.18. The van der Waals surface area contributed by atoms with E-state index >= 15 is 0 Å². The van der Waals surface area contributed by atoms with Crippen LogP contribution in [0.4, 0.5) is 0 Å². The van der Waals surface area contributed by atoms with E-state index in [1.807, 2.05) is 5.01 Å². The second-order valence-electron chi connectivity index (χ2n) is 4.66. The van der Waals surface area contributed by atoms with Gasteiger partial charge in [0.25, 0.3) is 0 Å². The number of hydrazine groups is 1. The Bertz CT molecular complexity index is 181. The van der Waals surface area contributed by atoms with E-state index in [1.54, 1.807) is 0 Å². The number of hydrogen-bond acceptors (Lipinski definition) is 3. The maximum absolute atomic E-state index is 10.2. The Morgan fingerprint density at radius 3 is 2.36 bits per heavy atom. The molecule has 0 saturated carbocycles. The van der Waals surface area contributed by atoms with Gasteiger partial charge in [0.05, 0.1) is 11.7 Å². The minimum Gasteiger partial charge on any atom is -0.373 e. The van der Waals surface area contributed by atoms with E-state index in [0.717, 1.165) is 32.3 Å². The molecule has 0 unspecified atom stereocenters. The molecule has 14 heavy (non-hydrogen) atoms. The van der Waals surface area contributed by atoms with Gasteiger partial charge in [0.15, 0.2) is 0 Å². The van der Waals surface area contributed by atoms with Gasteiger partial charge in [-0.05, 0) is 33.6 Å². The largest absolute Gasteiger partial charge is 0.373 e. The number of nitrogens with zero attached hydrogens (tertiary/aromatic N) is 1. The van der Waals surface area contributed by atoms with Crippen LogP contribution in [0.2, 0.25) is 0 Å². The van der Waals surface area contributed by atoms with Crippen LogP contribution in [0.15, 0.2) is 0 Å². The number of amides is 1. The first-order valence-electron chi connectivity index (χ1n) is 5.14. The van der Waals surface area contributed by atoms with E-state index in [0.29, 0.717) is 6.10 Å². The first-order valence-corrected chi connectivity index (χ1v) is 5.14. The van der Waals surface area contributed by atoms with E-state index in [-0.39, 0.29) is 5.60 Å². The summed E-state index contributed by atoms with van der Waals surface area (Å²) >= 11 is 0. The highest BCUT2D eigenvalue weighted by atomic mass is 16.5. The van der Waals surface area contributed by atoms with Crippen LogP contribution in [0.1, 0.15) is 33.6 Å². The lowest BCUT2D eigenvalue weighted by Gasteiger charge is -2.34. The van der Waals surface area contributed by atoms with Gasteiger partial charge in [-0.15, -0.1) is 0 Å². The molecule has 1 aliphatic heterocycles. The third-order valence-electron chi connectivity index (χ3n) is 2.20. The molecule has 0 bridgehead atoms. The molecule has 0 aromatic heterocycles. The summed E-state index contributed by atoms with van der Waals surface area (Å²) in [5.41, 5.74) is 2.60. The first-order chi connectivity index (χ1) is 6.51. The van der Waals surface area contributed by atoms with Gasteiger partial charge in [-0.3, -0.25) is 10.2 Å². The third-order valence-corrected chi connectivity index (χ3v) is 2.20. The fourth-order valence-corrected chi connectivity index (χ4v) is 1.68. The van der Waals surface area contributed by atoms with Gasteiger partial charge in [0, 0.05) is 13.1 Å². The predicted molar refractivity (Wildman–Crippen MR) is 54.6 cm³/mol. The lowest BCUT2D eigenvalue weighted by molar-refractivity contribution is -0.117. The van der Waals surface area contributed by atoms with Gasteiger partial charge < -0.3 is 4.74 Å². The average molecular weight is 200 g/mol. The van der Waals surface area contributed by atoms with Crippen LogP contribution >= 0.6 is 0 Å². The van der Waals surface area contributed by atoms with E-state index in [1.165, 1.54) is 0 Å². The fraction of sp³-hybridized carbons (Fsp3) is 0.900. The summed E-state index contributed by atoms with van der Waals surface area (Å²) < 4.78 is 5.86. The van der Waals surface area contributed by atoms with E-state index in [2.05, 4.69) is 26.2 Å². The quantitative estimate of drug-likeness (QED) is 0.689. The minimum absolute atomic E-state index is 0.0646. The molecule has 1 heterocycles. The highest BCUT2D eigenvalue weighted by molar-refractivity contribution is 5.44. The van der Waals surface area contributed by atoms with Gasteiger partial charge >= 0.3 is 0 Å². The summed E-state index contributed by atoms with van der Waals surface area (Å²) in [6.07, 6.45) is 3.03. The molecule has 4 heteroatoms. The maximum atomic E-state index is 10.2. The van der Waals surface area contributed by atoms with Crippen LogP contribution in [-0.2, 0) is 9.53 Å². The number of carbonyl (C=O) groups is 1. The van der Waals surface area contributed by atoms with Crippen LogP contribution in [0.25, 0.3) is 0 Å². The normalized spacial score (nSPS) is 20.8. The van der Waals surface area contributed by atoms with Crippen molar-refractivity contribution in [3.05, 3.63) is 0 Å². The zero-order chi connectivity index (χ0) is 10.6. The summed E-state index contributed by atoms with van der Waals surface area (Å²) in [5, 5.41) is 1.93. The van der Waals surface area contributed by atoms with Gasteiger partial charge in [-0.2, -0.15) is 0 Å². The fourth-order valence-electron chi connectivity index (χ4n) is 1.68. The van der Waals surface area contributed by atoms with Crippen molar-refractivity contribution in [1.29, 1.82) is 0 Å². The molecule has 0 atom stereocenters. The number of rotatable bonds is 3. The molecule has 0 aromatic carbocycles. The molecule has 1 amide bonds. The molecule has 0 radical (unpaired) electrons. The summed E-state index contributed by atoms with van der Waals surface area (Å²) in [6.45, 7) is 7.97. The van der Waals surface area contributed by atoms with Crippen molar-refractivity contribution < 1.29 is 9.53 Å². The number of hydrogen-bond donors (Lipinski definition) is 1. The molecule has 1 N–H and O–H groups in total. The van der Waals surface area contributed by atoms with Crippen molar-refractivity contribution in [2.24, 2.45) is 0 Å². The third kappa shape index (κ3) is 4.07. The van der Waals surface area contributed by atoms with Crippen LogP contribution < -0.4 is 5.43 Å². The van der Waals surface area contributed by atoms with Crippen molar-refractivity contribution in [1.82, 2.24) is 10.4 Å². The standard InChI is InChI=1S/C10H20N2O2/c1-10(2,3)14-9-4-6-12(7-5-9)11-8-13/h8-9H,4-7H2,1-3H3,(H,11,13). The second-order valence-corrected chi connectivity index (χ2v) is 4.66. The Labute approximate surface area is 85.6 Å². The summed E-state index contributed by atoms with van der Waals surface area (Å²) in [5.74, 6) is 0. The van der Waals surface area contributed by atoms with E-state index in [4.69, 9.17) is 4.74 Å². The summed E-state index contributed by atoms with van der Waals surface area (Å²) in [7, 11) is 0. The number of piperidine rings is 1. The lowest BCUT2D eigenvalue weighted by Crippen LogP contribution is -2.46. The molecule has 0 aromatic rings. The van der Waals surface area contributed by atoms with Crippen molar-refractivity contribution in [3.63, 3.8) is 0 Å². The summed E-state index contributed by atoms with van der Waals surface area (Å²) in [6, 6.07) is 0. The minimum atomic E-state index is -0.0646. The number of ether oxygens (including phenoxy) is 1. The zero-order valence-electron chi connectivity index (χ0n) is 9.25. The Balaban J connectivity index is 2.25. The molecule has 0 spiro atoms. The van der Waals surface area contributed by atoms with Crippen LogP contribution in [0, 0.1) is 0 Å². The number of carbonyl (C=O) groups excluding carboxylic acids is 1. The van der Waals surface area contributed by atoms with Crippen LogP contribution in [0.5, 0.6) is 0 Å². The zero-order valence-corrected chi connectivity index (χ0v) is 9.25. The Morgan fingerprint density at radius 1 is 1.36 bits per heavy atom. The molecular formula is C10H20N2O2. The molecule has 0 aliphatic carbocycles. The van der Waals surface area contributed by atoms with Crippen molar-refractivity contribution >= 4 is 6.41 Å². The van der Waals surface area contributed by atoms with Gasteiger partial charge in [0.2, 0.25) is 6.41 Å². The monoisotopic (exact) mass is 200 g/mol. The molecule has 1 saturated heterocycles. The van der Waals surface area contributed by atoms with Crippen molar-refractivity contribution in [3.8, 4) is 0 Å². The molecule has 1 fully saturated rings. The van der Waals surface area contributed by atoms with Gasteiger partial charge in [-0.25, -0.2) is 5.01 Å². The van der Waals surface area contributed by atoms with Gasteiger partial charge in [-0.1, -0.05) is 0 Å². The van der Waals surface area contributed by atoms with Crippen LogP contribution in [0.3, 0.4) is 0 Å². The molecule has 1 rings (SSSR count). The van der Waals surface area contributed by atoms with E-state index < -0.39 is 0 Å². The average Bonchev–Trinajstić information content (AvgIpc) is 2.06. The highest BCUT2D eigenvalue weighted by Gasteiger charge is 2.23. The maximum Gasteiger partial charge on any atom is 0.221 e. The Hall–Kier alpha value is -0.610. The second kappa shape index (κ2) is 4.75. The Kier molecular flexibility index (Phi) is 3.89. The van der Waals surface area contributed by atoms with E-state index in [9.17, 15) is 4.79 Å². The predicted octanol–water partition coefficient (Wildman–Crippen LogP) is 0.927. The number of nitrogens with one attached hydrogen (secondary N) is 1. The van der Waals surface area contributed by atoms with Crippen molar-refractivity contribution in [2.45, 2.75) is 45.3 Å². The molecule has 4 nitrogen and oxygen atoms in total. The topological polar surface area (TPSA) is 41.6 Å². The smallest absolute Gasteiger partial charge is 0.221 e. The SMILES string of the molecule is CC(C)(C)OC1CCN(NC=O)CC1. The van der Waals surface area contributed by atoms with Crippen LogP contribution in [-0.4, -0.2) is 36.2 Å². The lowest BCUT2D eigenvalue weighted by atomic mass is 10.1. The summed E-state index contributed by atoms with van der Waals surface area (Å²) in [4.78, 5) is 10.2. The van der Waals surface area contributed by atoms with Gasteiger partial charge in [0.1, 0.15) is 0 Å². The molecule has 82 valence electrons. The first kappa shape index (κ1) is 11.5. The molecular weight excluding hydrogens is 180 g/mol. The Morgan fingerprint density at radius 2 is 1.93 bits per heavy atom. The van der Waals surface area contributed by atoms with Crippen molar-refractivity contribution in [2.75, 3.05) is 13.1 Å².